The second-order valence-corrected chi connectivity index (χ2v) is 5.29. The van der Waals surface area contributed by atoms with Crippen LogP contribution in [0.3, 0.4) is 0 Å². The predicted octanol–water partition coefficient (Wildman–Crippen LogP) is 1.85. The number of rotatable bonds is 3. The Morgan fingerprint density at radius 2 is 2.15 bits per heavy atom. The number of ether oxygens (including phenoxy) is 1. The zero-order chi connectivity index (χ0) is 14.7. The summed E-state index contributed by atoms with van der Waals surface area (Å²) in [6.07, 6.45) is -0.881. The van der Waals surface area contributed by atoms with Crippen molar-refractivity contribution in [2.24, 2.45) is 0 Å². The number of halogens is 2. The smallest absolute Gasteiger partial charge is 0.334 e. The summed E-state index contributed by atoms with van der Waals surface area (Å²) >= 11 is 11.9. The van der Waals surface area contributed by atoms with Gasteiger partial charge in [0.25, 0.3) is 0 Å². The van der Waals surface area contributed by atoms with Crippen molar-refractivity contribution in [2.75, 3.05) is 19.7 Å². The number of carboxylic acid groups (broad SMARTS) is 1. The molecule has 1 aromatic rings. The fourth-order valence-corrected chi connectivity index (χ4v) is 2.36. The van der Waals surface area contributed by atoms with Crippen LogP contribution >= 0.6 is 23.2 Å². The number of nitrogens with zero attached hydrogens (tertiary/aromatic N) is 1. The van der Waals surface area contributed by atoms with Crippen molar-refractivity contribution >= 4 is 35.1 Å². The maximum atomic E-state index is 12.2. The fourth-order valence-electron chi connectivity index (χ4n) is 1.98. The molecule has 20 heavy (non-hydrogen) atoms. The van der Waals surface area contributed by atoms with Gasteiger partial charge in [0.15, 0.2) is 6.10 Å². The summed E-state index contributed by atoms with van der Waals surface area (Å²) in [5, 5.41) is 9.87. The summed E-state index contributed by atoms with van der Waals surface area (Å²) in [4.78, 5) is 24.5. The van der Waals surface area contributed by atoms with Crippen LogP contribution in [0.25, 0.3) is 0 Å². The Morgan fingerprint density at radius 1 is 1.40 bits per heavy atom. The lowest BCUT2D eigenvalue weighted by Gasteiger charge is -2.31. The highest BCUT2D eigenvalue weighted by Crippen LogP contribution is 2.22. The van der Waals surface area contributed by atoms with Gasteiger partial charge in [-0.05, 0) is 23.8 Å². The van der Waals surface area contributed by atoms with Gasteiger partial charge in [-0.15, -0.1) is 0 Å². The second-order valence-electron chi connectivity index (χ2n) is 4.45. The average molecular weight is 318 g/mol. The van der Waals surface area contributed by atoms with E-state index in [-0.39, 0.29) is 25.5 Å². The molecule has 0 aromatic heterocycles. The van der Waals surface area contributed by atoms with E-state index >= 15 is 0 Å². The van der Waals surface area contributed by atoms with Crippen LogP contribution in [0.4, 0.5) is 0 Å². The normalized spacial score (nSPS) is 18.9. The molecule has 1 N–H and O–H groups in total. The lowest BCUT2D eigenvalue weighted by Crippen LogP contribution is -2.49. The first-order valence-corrected chi connectivity index (χ1v) is 6.79. The van der Waals surface area contributed by atoms with Gasteiger partial charge in [-0.3, -0.25) is 4.79 Å². The van der Waals surface area contributed by atoms with Gasteiger partial charge in [-0.1, -0.05) is 23.2 Å². The third-order valence-electron chi connectivity index (χ3n) is 3.04. The number of carbonyl (C=O) groups excluding carboxylic acids is 1. The van der Waals surface area contributed by atoms with Crippen LogP contribution in [-0.2, 0) is 20.7 Å². The van der Waals surface area contributed by atoms with Gasteiger partial charge >= 0.3 is 5.97 Å². The predicted molar refractivity (Wildman–Crippen MR) is 74.1 cm³/mol. The van der Waals surface area contributed by atoms with E-state index in [1.807, 2.05) is 0 Å². The minimum Gasteiger partial charge on any atom is -0.479 e. The number of hydrogen-bond acceptors (Lipinski definition) is 3. The molecule has 0 saturated carbocycles. The van der Waals surface area contributed by atoms with Gasteiger partial charge in [-0.25, -0.2) is 4.79 Å². The number of hydrogen-bond donors (Lipinski definition) is 1. The molecule has 0 spiro atoms. The Kier molecular flexibility index (Phi) is 4.86. The highest BCUT2D eigenvalue weighted by atomic mass is 35.5. The van der Waals surface area contributed by atoms with E-state index in [1.54, 1.807) is 18.2 Å². The lowest BCUT2D eigenvalue weighted by molar-refractivity contribution is -0.159. The van der Waals surface area contributed by atoms with Crippen molar-refractivity contribution in [2.45, 2.75) is 12.5 Å². The maximum absolute atomic E-state index is 12.2. The monoisotopic (exact) mass is 317 g/mol. The van der Waals surface area contributed by atoms with E-state index < -0.39 is 12.1 Å². The number of amides is 1. The molecule has 1 heterocycles. The van der Waals surface area contributed by atoms with Crippen LogP contribution in [0.2, 0.25) is 10.0 Å². The Labute approximate surface area is 126 Å². The zero-order valence-corrected chi connectivity index (χ0v) is 12.0. The summed E-state index contributed by atoms with van der Waals surface area (Å²) in [5.41, 5.74) is 0.627. The van der Waals surface area contributed by atoms with Crippen molar-refractivity contribution in [3.8, 4) is 0 Å². The van der Waals surface area contributed by atoms with E-state index in [2.05, 4.69) is 0 Å². The van der Waals surface area contributed by atoms with Crippen molar-refractivity contribution in [3.63, 3.8) is 0 Å². The molecule has 1 saturated heterocycles. The van der Waals surface area contributed by atoms with E-state index in [4.69, 9.17) is 33.0 Å². The molecular formula is C13H13Cl2NO4. The molecule has 1 aliphatic heterocycles. The third kappa shape index (κ3) is 3.62. The van der Waals surface area contributed by atoms with Crippen LogP contribution in [0, 0.1) is 0 Å². The highest BCUT2D eigenvalue weighted by molar-refractivity contribution is 6.33. The largest absolute Gasteiger partial charge is 0.479 e. The highest BCUT2D eigenvalue weighted by Gasteiger charge is 2.29. The molecule has 0 radical (unpaired) electrons. The minimum atomic E-state index is -1.07. The minimum absolute atomic E-state index is 0.0480. The fraction of sp³-hybridized carbons (Fsp3) is 0.385. The summed E-state index contributed by atoms with van der Waals surface area (Å²) in [6, 6.07) is 4.91. The summed E-state index contributed by atoms with van der Waals surface area (Å²) in [7, 11) is 0. The SMILES string of the molecule is O=C(O)[C@H]1CN(C(=O)Cc2cc(Cl)ccc2Cl)CCO1. The van der Waals surface area contributed by atoms with Gasteiger partial charge in [0.05, 0.1) is 19.6 Å². The lowest BCUT2D eigenvalue weighted by atomic mass is 10.1. The topological polar surface area (TPSA) is 66.8 Å². The van der Waals surface area contributed by atoms with E-state index in [9.17, 15) is 9.59 Å². The number of benzene rings is 1. The summed E-state index contributed by atoms with van der Waals surface area (Å²) in [6.45, 7) is 0.638. The molecule has 0 bridgehead atoms. The van der Waals surface area contributed by atoms with Crippen LogP contribution in [0.1, 0.15) is 5.56 Å². The van der Waals surface area contributed by atoms with Crippen LogP contribution < -0.4 is 0 Å². The molecule has 7 heteroatoms. The van der Waals surface area contributed by atoms with Crippen molar-refractivity contribution in [1.29, 1.82) is 0 Å². The molecule has 1 amide bonds. The first kappa shape index (κ1) is 15.1. The Bertz CT molecular complexity index is 535. The van der Waals surface area contributed by atoms with Gasteiger partial charge in [0, 0.05) is 16.6 Å². The molecule has 5 nitrogen and oxygen atoms in total. The maximum Gasteiger partial charge on any atom is 0.334 e. The van der Waals surface area contributed by atoms with Gasteiger partial charge in [0.1, 0.15) is 0 Å². The summed E-state index contributed by atoms with van der Waals surface area (Å²) in [5.74, 6) is -1.26. The number of morpholine rings is 1. The van der Waals surface area contributed by atoms with Crippen LogP contribution in [0.15, 0.2) is 18.2 Å². The Hall–Kier alpha value is -1.30. The van der Waals surface area contributed by atoms with Crippen LogP contribution in [0.5, 0.6) is 0 Å². The third-order valence-corrected chi connectivity index (χ3v) is 3.65. The second kappa shape index (κ2) is 6.43. The van der Waals surface area contributed by atoms with Crippen molar-refractivity contribution in [1.82, 2.24) is 4.90 Å². The molecule has 0 aliphatic carbocycles. The van der Waals surface area contributed by atoms with Gasteiger partial charge < -0.3 is 14.7 Å². The van der Waals surface area contributed by atoms with Gasteiger partial charge in [-0.2, -0.15) is 0 Å². The first-order valence-electron chi connectivity index (χ1n) is 6.03. The first-order chi connectivity index (χ1) is 9.47. The molecule has 2 rings (SSSR count). The van der Waals surface area contributed by atoms with E-state index in [0.717, 1.165) is 0 Å². The van der Waals surface area contributed by atoms with Crippen molar-refractivity contribution in [3.05, 3.63) is 33.8 Å². The quantitative estimate of drug-likeness (QED) is 0.923. The molecule has 0 unspecified atom stereocenters. The number of carboxylic acids is 1. The molecule has 1 fully saturated rings. The number of aliphatic carboxylic acids is 1. The zero-order valence-electron chi connectivity index (χ0n) is 10.5. The van der Waals surface area contributed by atoms with E-state index in [0.29, 0.717) is 22.2 Å². The van der Waals surface area contributed by atoms with Crippen molar-refractivity contribution < 1.29 is 19.4 Å². The standard InChI is InChI=1S/C13H13Cl2NO4/c14-9-1-2-10(15)8(5-9)6-12(17)16-3-4-20-11(7-16)13(18)19/h1-2,5,11H,3-4,6-7H2,(H,18,19)/t11-/m1/s1. The molecular weight excluding hydrogens is 305 g/mol. The van der Waals surface area contributed by atoms with E-state index in [1.165, 1.54) is 4.90 Å². The average Bonchev–Trinajstić information content (AvgIpc) is 2.43. The molecule has 1 aliphatic rings. The molecule has 108 valence electrons. The molecule has 1 aromatic carbocycles. The Balaban J connectivity index is 2.04. The Morgan fingerprint density at radius 3 is 2.85 bits per heavy atom. The van der Waals surface area contributed by atoms with Crippen LogP contribution in [-0.4, -0.2) is 47.7 Å². The number of carbonyl (C=O) groups is 2. The molecule has 1 atom stereocenters. The summed E-state index contributed by atoms with van der Waals surface area (Å²) < 4.78 is 5.07. The van der Waals surface area contributed by atoms with Gasteiger partial charge in [0.2, 0.25) is 5.91 Å².